The quantitative estimate of drug-likeness (QED) is 0.693. The van der Waals surface area contributed by atoms with Crippen LogP contribution in [-0.4, -0.2) is 47.7 Å². The van der Waals surface area contributed by atoms with Crippen molar-refractivity contribution in [3.63, 3.8) is 0 Å². The molecule has 0 saturated carbocycles. The van der Waals surface area contributed by atoms with Gasteiger partial charge >= 0.3 is 0 Å². The standard InChI is InChI=1S/C20H29N3O2S/c1-16-6-11-26-20(16)14-22-12-18-2-7-21-23(18)19(13-22)5-10-25-15-17-3-8-24-9-4-17/h2,6-7,11,17,19H,3-5,8-10,12-15H2,1H3. The van der Waals surface area contributed by atoms with E-state index in [0.717, 1.165) is 65.3 Å². The van der Waals surface area contributed by atoms with Crippen LogP contribution in [0, 0.1) is 12.8 Å². The minimum Gasteiger partial charge on any atom is -0.381 e. The topological polar surface area (TPSA) is 39.5 Å². The van der Waals surface area contributed by atoms with E-state index >= 15 is 0 Å². The number of rotatable bonds is 7. The summed E-state index contributed by atoms with van der Waals surface area (Å²) in [6.07, 6.45) is 5.24. The van der Waals surface area contributed by atoms with Gasteiger partial charge in [0.15, 0.2) is 0 Å². The van der Waals surface area contributed by atoms with Crippen LogP contribution in [0.4, 0.5) is 0 Å². The molecule has 1 fully saturated rings. The molecule has 6 heteroatoms. The van der Waals surface area contributed by atoms with Crippen molar-refractivity contribution in [1.29, 1.82) is 0 Å². The molecule has 0 amide bonds. The first kappa shape index (κ1) is 18.2. The normalized spacial score (nSPS) is 21.8. The monoisotopic (exact) mass is 375 g/mol. The van der Waals surface area contributed by atoms with Crippen molar-refractivity contribution in [1.82, 2.24) is 14.7 Å². The van der Waals surface area contributed by atoms with Gasteiger partial charge in [-0.2, -0.15) is 5.10 Å². The van der Waals surface area contributed by atoms with Crippen LogP contribution in [-0.2, 0) is 22.6 Å². The van der Waals surface area contributed by atoms with Crippen LogP contribution in [0.15, 0.2) is 23.7 Å². The van der Waals surface area contributed by atoms with Crippen molar-refractivity contribution in [3.8, 4) is 0 Å². The molecule has 2 aliphatic rings. The van der Waals surface area contributed by atoms with Crippen molar-refractivity contribution in [3.05, 3.63) is 39.8 Å². The molecule has 26 heavy (non-hydrogen) atoms. The van der Waals surface area contributed by atoms with Gasteiger partial charge in [0, 0.05) is 57.1 Å². The maximum absolute atomic E-state index is 6.01. The van der Waals surface area contributed by atoms with Crippen molar-refractivity contribution in [2.24, 2.45) is 5.92 Å². The number of ether oxygens (including phenoxy) is 2. The first-order chi connectivity index (χ1) is 12.8. The van der Waals surface area contributed by atoms with Crippen molar-refractivity contribution >= 4 is 11.3 Å². The summed E-state index contributed by atoms with van der Waals surface area (Å²) in [5, 5.41) is 6.77. The van der Waals surface area contributed by atoms with E-state index in [2.05, 4.69) is 39.1 Å². The van der Waals surface area contributed by atoms with Gasteiger partial charge in [0.25, 0.3) is 0 Å². The fraction of sp³-hybridized carbons (Fsp3) is 0.650. The molecule has 2 aromatic heterocycles. The molecular weight excluding hydrogens is 346 g/mol. The molecule has 0 aromatic carbocycles. The molecule has 1 atom stereocenters. The van der Waals surface area contributed by atoms with Crippen molar-refractivity contribution in [2.45, 2.75) is 45.3 Å². The summed E-state index contributed by atoms with van der Waals surface area (Å²) in [7, 11) is 0. The lowest BCUT2D eigenvalue weighted by atomic mass is 10.0. The van der Waals surface area contributed by atoms with Crippen LogP contribution >= 0.6 is 11.3 Å². The Morgan fingerprint density at radius 3 is 3.00 bits per heavy atom. The number of nitrogens with zero attached hydrogens (tertiary/aromatic N) is 3. The molecule has 4 heterocycles. The second kappa shape index (κ2) is 8.65. The molecule has 0 spiro atoms. The fourth-order valence-electron chi connectivity index (χ4n) is 3.95. The van der Waals surface area contributed by atoms with Gasteiger partial charge in [-0.1, -0.05) is 0 Å². The maximum atomic E-state index is 6.01. The van der Waals surface area contributed by atoms with E-state index in [1.165, 1.54) is 16.1 Å². The Morgan fingerprint density at radius 1 is 1.31 bits per heavy atom. The summed E-state index contributed by atoms with van der Waals surface area (Å²) in [5.41, 5.74) is 2.73. The predicted molar refractivity (Wildman–Crippen MR) is 103 cm³/mol. The molecule has 2 aliphatic heterocycles. The summed E-state index contributed by atoms with van der Waals surface area (Å²) in [6, 6.07) is 4.78. The van der Waals surface area contributed by atoms with E-state index in [-0.39, 0.29) is 0 Å². The van der Waals surface area contributed by atoms with Crippen LogP contribution in [0.2, 0.25) is 0 Å². The van der Waals surface area contributed by atoms with Crippen LogP contribution in [0.3, 0.4) is 0 Å². The Labute approximate surface area is 159 Å². The van der Waals surface area contributed by atoms with E-state index in [0.29, 0.717) is 12.0 Å². The second-order valence-electron chi connectivity index (χ2n) is 7.54. The average Bonchev–Trinajstić information content (AvgIpc) is 3.29. The molecule has 0 N–H and O–H groups in total. The summed E-state index contributed by atoms with van der Waals surface area (Å²) in [6.45, 7) is 8.75. The Morgan fingerprint density at radius 2 is 2.19 bits per heavy atom. The summed E-state index contributed by atoms with van der Waals surface area (Å²) in [5.74, 6) is 0.675. The highest BCUT2D eigenvalue weighted by Crippen LogP contribution is 2.26. The van der Waals surface area contributed by atoms with Gasteiger partial charge in [0.05, 0.1) is 11.7 Å². The smallest absolute Gasteiger partial charge is 0.0672 e. The third kappa shape index (κ3) is 4.36. The third-order valence-corrected chi connectivity index (χ3v) is 6.59. The van der Waals surface area contributed by atoms with Gasteiger partial charge in [0.1, 0.15) is 0 Å². The van der Waals surface area contributed by atoms with Crippen molar-refractivity contribution < 1.29 is 9.47 Å². The van der Waals surface area contributed by atoms with Crippen molar-refractivity contribution in [2.75, 3.05) is 33.0 Å². The van der Waals surface area contributed by atoms with Gasteiger partial charge in [0.2, 0.25) is 0 Å². The molecule has 1 saturated heterocycles. The number of thiophene rings is 1. The summed E-state index contributed by atoms with van der Waals surface area (Å²) < 4.78 is 13.7. The largest absolute Gasteiger partial charge is 0.381 e. The highest BCUT2D eigenvalue weighted by atomic mass is 32.1. The minimum atomic E-state index is 0.406. The lowest BCUT2D eigenvalue weighted by molar-refractivity contribution is 0.0155. The number of aromatic nitrogens is 2. The van der Waals surface area contributed by atoms with E-state index in [4.69, 9.17) is 9.47 Å². The molecule has 4 rings (SSSR count). The fourth-order valence-corrected chi connectivity index (χ4v) is 4.90. The first-order valence-electron chi connectivity index (χ1n) is 9.73. The van der Waals surface area contributed by atoms with Gasteiger partial charge in [-0.15, -0.1) is 11.3 Å². The highest BCUT2D eigenvalue weighted by molar-refractivity contribution is 7.10. The summed E-state index contributed by atoms with van der Waals surface area (Å²) >= 11 is 1.87. The molecule has 2 aromatic rings. The SMILES string of the molecule is Cc1ccsc1CN1Cc2ccnn2C(CCOCC2CCOCC2)C1. The lowest BCUT2D eigenvalue weighted by Gasteiger charge is -2.34. The van der Waals surface area contributed by atoms with Gasteiger partial charge in [-0.25, -0.2) is 0 Å². The van der Waals surface area contributed by atoms with E-state index in [1.807, 2.05) is 17.5 Å². The van der Waals surface area contributed by atoms with Gasteiger partial charge in [-0.05, 0) is 55.2 Å². The number of aryl methyl sites for hydroxylation is 1. The van der Waals surface area contributed by atoms with Gasteiger partial charge in [-0.3, -0.25) is 9.58 Å². The third-order valence-electron chi connectivity index (χ3n) is 5.58. The van der Waals surface area contributed by atoms with Crippen LogP contribution in [0.25, 0.3) is 0 Å². The number of fused-ring (bicyclic) bond motifs is 1. The Balaban J connectivity index is 1.30. The Bertz CT molecular complexity index is 693. The Hall–Kier alpha value is -1.21. The molecule has 142 valence electrons. The molecule has 5 nitrogen and oxygen atoms in total. The molecule has 0 bridgehead atoms. The average molecular weight is 376 g/mol. The molecule has 0 aliphatic carbocycles. The molecule has 0 radical (unpaired) electrons. The minimum absolute atomic E-state index is 0.406. The first-order valence-corrected chi connectivity index (χ1v) is 10.6. The second-order valence-corrected chi connectivity index (χ2v) is 8.54. The van der Waals surface area contributed by atoms with Crippen LogP contribution in [0.1, 0.15) is 41.4 Å². The Kier molecular flexibility index (Phi) is 6.05. The predicted octanol–water partition coefficient (Wildman–Crippen LogP) is 3.64. The zero-order valence-electron chi connectivity index (χ0n) is 15.6. The number of hydrogen-bond acceptors (Lipinski definition) is 5. The molecule has 1 unspecified atom stereocenters. The summed E-state index contributed by atoms with van der Waals surface area (Å²) in [4.78, 5) is 4.03. The molecular formula is C20H29N3O2S. The van der Waals surface area contributed by atoms with Crippen LogP contribution < -0.4 is 0 Å². The maximum Gasteiger partial charge on any atom is 0.0672 e. The highest BCUT2D eigenvalue weighted by Gasteiger charge is 2.26. The zero-order valence-corrected chi connectivity index (χ0v) is 16.4. The van der Waals surface area contributed by atoms with E-state index in [1.54, 1.807) is 0 Å². The number of hydrogen-bond donors (Lipinski definition) is 0. The van der Waals surface area contributed by atoms with E-state index in [9.17, 15) is 0 Å². The van der Waals surface area contributed by atoms with Crippen LogP contribution in [0.5, 0.6) is 0 Å². The zero-order chi connectivity index (χ0) is 17.8. The lowest BCUT2D eigenvalue weighted by Crippen LogP contribution is -2.37. The van der Waals surface area contributed by atoms with Gasteiger partial charge < -0.3 is 9.47 Å². The van der Waals surface area contributed by atoms with E-state index < -0.39 is 0 Å².